The van der Waals surface area contributed by atoms with Crippen LogP contribution in [0.1, 0.15) is 49.7 Å². The van der Waals surface area contributed by atoms with Gasteiger partial charge in [0.05, 0.1) is 19.6 Å². The van der Waals surface area contributed by atoms with Crippen LogP contribution in [0.25, 0.3) is 0 Å². The summed E-state index contributed by atoms with van der Waals surface area (Å²) < 4.78 is 11.6. The lowest BCUT2D eigenvalue weighted by atomic mass is 9.94. The van der Waals surface area contributed by atoms with Crippen LogP contribution in [-0.4, -0.2) is 67.3 Å². The third kappa shape index (κ3) is 8.67. The Hall–Kier alpha value is -3.75. The molecule has 1 heterocycles. The maximum Gasteiger partial charge on any atom is 0.262 e. The predicted octanol–water partition coefficient (Wildman–Crippen LogP) is 6.24. The van der Waals surface area contributed by atoms with Gasteiger partial charge in [-0.15, -0.1) is 0 Å². The zero-order valence-corrected chi connectivity index (χ0v) is 25.9. The Kier molecular flexibility index (Phi) is 11.4. The van der Waals surface area contributed by atoms with E-state index in [-0.39, 0.29) is 30.2 Å². The number of carbonyl (C=O) groups excluding carboxylic acids is 2. The molecule has 3 aromatic carbocycles. The molecular weight excluding hydrogens is 578 g/mol. The predicted molar refractivity (Wildman–Crippen MR) is 174 cm³/mol. The monoisotopic (exact) mass is 619 g/mol. The molecule has 0 saturated heterocycles. The van der Waals surface area contributed by atoms with E-state index in [0.717, 1.165) is 53.9 Å². The number of para-hydroxylation sites is 1. The van der Waals surface area contributed by atoms with Gasteiger partial charge in [0.25, 0.3) is 5.91 Å². The fourth-order valence-corrected chi connectivity index (χ4v) is 6.31. The van der Waals surface area contributed by atoms with Gasteiger partial charge >= 0.3 is 0 Å². The molecule has 0 spiro atoms. The highest BCUT2D eigenvalue weighted by molar-refractivity contribution is 6.30. The molecular formula is C35H42ClN3O5. The lowest BCUT2D eigenvalue weighted by Gasteiger charge is -2.36. The number of fused-ring (bicyclic) bond motifs is 1. The van der Waals surface area contributed by atoms with Crippen molar-refractivity contribution in [1.82, 2.24) is 4.90 Å². The molecule has 2 N–H and O–H groups in total. The summed E-state index contributed by atoms with van der Waals surface area (Å²) in [6.07, 6.45) is 7.36. The minimum atomic E-state index is -0.283. The Labute approximate surface area is 264 Å². The van der Waals surface area contributed by atoms with Crippen LogP contribution in [0.2, 0.25) is 5.02 Å². The molecule has 1 fully saturated rings. The van der Waals surface area contributed by atoms with Crippen molar-refractivity contribution in [2.24, 2.45) is 0 Å². The molecule has 0 atom stereocenters. The van der Waals surface area contributed by atoms with E-state index < -0.39 is 0 Å². The molecule has 44 heavy (non-hydrogen) atoms. The summed E-state index contributed by atoms with van der Waals surface area (Å²) in [6, 6.07) is 21.7. The minimum absolute atomic E-state index is 0.00760. The Bertz CT molecular complexity index is 1400. The first-order valence-corrected chi connectivity index (χ1v) is 16.0. The van der Waals surface area contributed by atoms with Gasteiger partial charge in [-0.25, -0.2) is 0 Å². The maximum atomic E-state index is 13.6. The van der Waals surface area contributed by atoms with E-state index in [0.29, 0.717) is 57.1 Å². The van der Waals surface area contributed by atoms with E-state index in [1.807, 2.05) is 48.5 Å². The van der Waals surface area contributed by atoms with Crippen molar-refractivity contribution in [2.45, 2.75) is 57.4 Å². The Morgan fingerprint density at radius 3 is 2.57 bits per heavy atom. The molecule has 0 aromatic heterocycles. The SMILES string of the molecule is O=C1COc2c(CCN(CCN(C(=O)CCOCCc3cccc(Cl)c3)C3CCCCC3)c3ccccc3)ccc(O)c2N1. The highest BCUT2D eigenvalue weighted by Crippen LogP contribution is 2.39. The number of anilines is 2. The first kappa shape index (κ1) is 31.7. The smallest absolute Gasteiger partial charge is 0.262 e. The number of aromatic hydroxyl groups is 1. The van der Waals surface area contributed by atoms with Crippen LogP contribution in [0.4, 0.5) is 11.4 Å². The summed E-state index contributed by atoms with van der Waals surface area (Å²) in [7, 11) is 0. The molecule has 2 amide bonds. The summed E-state index contributed by atoms with van der Waals surface area (Å²) in [5.74, 6) is 0.373. The second-order valence-corrected chi connectivity index (χ2v) is 11.9. The van der Waals surface area contributed by atoms with Crippen molar-refractivity contribution in [3.8, 4) is 11.5 Å². The number of amides is 2. The van der Waals surface area contributed by atoms with Crippen LogP contribution in [-0.2, 0) is 27.2 Å². The molecule has 1 saturated carbocycles. The number of carbonyl (C=O) groups is 2. The third-order valence-electron chi connectivity index (χ3n) is 8.43. The Morgan fingerprint density at radius 1 is 0.955 bits per heavy atom. The van der Waals surface area contributed by atoms with E-state index in [2.05, 4.69) is 27.2 Å². The number of nitrogens with zero attached hydrogens (tertiary/aromatic N) is 2. The first-order chi connectivity index (χ1) is 21.5. The summed E-state index contributed by atoms with van der Waals surface area (Å²) >= 11 is 6.09. The third-order valence-corrected chi connectivity index (χ3v) is 8.67. The minimum Gasteiger partial charge on any atom is -0.506 e. The average molecular weight is 620 g/mol. The Balaban J connectivity index is 1.22. The van der Waals surface area contributed by atoms with Crippen molar-refractivity contribution in [2.75, 3.05) is 49.7 Å². The topological polar surface area (TPSA) is 91.3 Å². The van der Waals surface area contributed by atoms with Crippen molar-refractivity contribution in [1.29, 1.82) is 0 Å². The highest BCUT2D eigenvalue weighted by atomic mass is 35.5. The number of nitrogens with one attached hydrogen (secondary N) is 1. The van der Waals surface area contributed by atoms with Crippen molar-refractivity contribution in [3.63, 3.8) is 0 Å². The van der Waals surface area contributed by atoms with E-state index in [9.17, 15) is 14.7 Å². The molecule has 8 nitrogen and oxygen atoms in total. The van der Waals surface area contributed by atoms with Crippen LogP contribution in [0.5, 0.6) is 11.5 Å². The van der Waals surface area contributed by atoms with Gasteiger partial charge in [-0.05, 0) is 67.1 Å². The van der Waals surface area contributed by atoms with Gasteiger partial charge < -0.3 is 29.7 Å². The quantitative estimate of drug-likeness (QED) is 0.164. The molecule has 2 aliphatic rings. The molecule has 0 bridgehead atoms. The fourth-order valence-electron chi connectivity index (χ4n) is 6.10. The standard InChI is InChI=1S/C35H42ClN3O5/c36-28-9-7-8-26(24-28)17-22-43-23-18-33(42)39(30-12-5-2-6-13-30)21-20-38(29-10-3-1-4-11-29)19-16-27-14-15-31(40)34-35(27)44-25-32(41)37-34/h1,3-4,7-11,14-15,24,30,40H,2,5-6,12-13,16-23,25H2,(H,37,41). The average Bonchev–Trinajstić information content (AvgIpc) is 3.04. The highest BCUT2D eigenvalue weighted by Gasteiger charge is 2.26. The van der Waals surface area contributed by atoms with Gasteiger partial charge in [0.2, 0.25) is 5.91 Å². The van der Waals surface area contributed by atoms with Gasteiger partial charge in [0.15, 0.2) is 12.4 Å². The summed E-state index contributed by atoms with van der Waals surface area (Å²) in [5, 5.41) is 13.7. The van der Waals surface area contributed by atoms with E-state index in [1.54, 1.807) is 6.07 Å². The van der Waals surface area contributed by atoms with Crippen LogP contribution < -0.4 is 15.0 Å². The zero-order valence-electron chi connectivity index (χ0n) is 25.2. The summed E-state index contributed by atoms with van der Waals surface area (Å²) in [5.41, 5.74) is 3.44. The molecule has 1 aliphatic carbocycles. The van der Waals surface area contributed by atoms with Gasteiger partial charge in [0, 0.05) is 36.4 Å². The molecule has 0 unspecified atom stereocenters. The van der Waals surface area contributed by atoms with Gasteiger partial charge in [-0.2, -0.15) is 0 Å². The van der Waals surface area contributed by atoms with Crippen LogP contribution in [0.3, 0.4) is 0 Å². The van der Waals surface area contributed by atoms with Crippen LogP contribution in [0, 0.1) is 0 Å². The molecule has 234 valence electrons. The number of phenols is 1. The fraction of sp³-hybridized carbons (Fsp3) is 0.429. The molecule has 5 rings (SSSR count). The molecule has 9 heteroatoms. The Morgan fingerprint density at radius 2 is 1.77 bits per heavy atom. The number of hydrogen-bond acceptors (Lipinski definition) is 6. The number of ether oxygens (including phenoxy) is 2. The summed E-state index contributed by atoms with van der Waals surface area (Å²) in [4.78, 5) is 29.8. The lowest BCUT2D eigenvalue weighted by Crippen LogP contribution is -2.46. The maximum absolute atomic E-state index is 13.6. The van der Waals surface area contributed by atoms with Gasteiger partial charge in [-0.3, -0.25) is 9.59 Å². The number of rotatable bonds is 14. The number of halogens is 1. The normalized spacial score (nSPS) is 14.8. The van der Waals surface area contributed by atoms with E-state index in [4.69, 9.17) is 21.1 Å². The molecule has 1 aliphatic heterocycles. The lowest BCUT2D eigenvalue weighted by molar-refractivity contribution is -0.135. The van der Waals surface area contributed by atoms with Crippen molar-refractivity contribution in [3.05, 3.63) is 82.9 Å². The summed E-state index contributed by atoms with van der Waals surface area (Å²) in [6.45, 7) is 2.86. The van der Waals surface area contributed by atoms with Crippen molar-refractivity contribution >= 4 is 34.8 Å². The second kappa shape index (κ2) is 15.8. The van der Waals surface area contributed by atoms with E-state index in [1.165, 1.54) is 6.42 Å². The zero-order chi connectivity index (χ0) is 30.7. The van der Waals surface area contributed by atoms with Crippen LogP contribution in [0.15, 0.2) is 66.7 Å². The largest absolute Gasteiger partial charge is 0.506 e. The van der Waals surface area contributed by atoms with E-state index >= 15 is 0 Å². The second-order valence-electron chi connectivity index (χ2n) is 11.5. The molecule has 0 radical (unpaired) electrons. The van der Waals surface area contributed by atoms with Gasteiger partial charge in [0.1, 0.15) is 11.4 Å². The van der Waals surface area contributed by atoms with Crippen LogP contribution >= 0.6 is 11.6 Å². The number of benzene rings is 3. The number of phenolic OH excluding ortho intramolecular Hbond substituents is 1. The molecule has 3 aromatic rings. The first-order valence-electron chi connectivity index (χ1n) is 15.7. The van der Waals surface area contributed by atoms with Crippen molar-refractivity contribution < 1.29 is 24.2 Å². The van der Waals surface area contributed by atoms with Gasteiger partial charge in [-0.1, -0.05) is 67.3 Å². The number of hydrogen-bond donors (Lipinski definition) is 2.